The summed E-state index contributed by atoms with van der Waals surface area (Å²) >= 11 is 0. The van der Waals surface area contributed by atoms with E-state index >= 15 is 0 Å². The van der Waals surface area contributed by atoms with Crippen LogP contribution >= 0.6 is 0 Å². The first kappa shape index (κ1) is 14.9. The van der Waals surface area contributed by atoms with Crippen molar-refractivity contribution in [1.29, 1.82) is 0 Å². The van der Waals surface area contributed by atoms with Gasteiger partial charge in [0.25, 0.3) is 0 Å². The molecule has 2 heteroatoms. The van der Waals surface area contributed by atoms with Gasteiger partial charge in [-0.1, -0.05) is 30.7 Å². The van der Waals surface area contributed by atoms with Crippen molar-refractivity contribution in [3.8, 4) is 0 Å². The largest absolute Gasteiger partial charge is 0.466 e. The Kier molecular flexibility index (Phi) is 4.34. The fourth-order valence-corrected chi connectivity index (χ4v) is 2.88. The van der Waals surface area contributed by atoms with Gasteiger partial charge in [-0.15, -0.1) is 0 Å². The highest BCUT2D eigenvalue weighted by molar-refractivity contribution is 5.44. The predicted molar refractivity (Wildman–Crippen MR) is 84.4 cm³/mol. The molecule has 2 aromatic rings. The van der Waals surface area contributed by atoms with E-state index in [4.69, 9.17) is 4.42 Å². The highest BCUT2D eigenvalue weighted by atomic mass is 16.3. The van der Waals surface area contributed by atoms with Crippen LogP contribution in [0, 0.1) is 34.6 Å². The number of hydrogen-bond donors (Lipinski definition) is 1. The Morgan fingerprint density at radius 2 is 1.75 bits per heavy atom. The second kappa shape index (κ2) is 5.84. The first-order valence-electron chi connectivity index (χ1n) is 7.32. The monoisotopic (exact) mass is 271 g/mol. The van der Waals surface area contributed by atoms with Crippen LogP contribution in [-0.4, -0.2) is 6.54 Å². The van der Waals surface area contributed by atoms with Gasteiger partial charge < -0.3 is 9.73 Å². The molecule has 0 bridgehead atoms. The zero-order chi connectivity index (χ0) is 14.9. The Labute approximate surface area is 122 Å². The maximum absolute atomic E-state index is 5.82. The molecule has 20 heavy (non-hydrogen) atoms. The van der Waals surface area contributed by atoms with Gasteiger partial charge in [-0.2, -0.15) is 0 Å². The summed E-state index contributed by atoms with van der Waals surface area (Å²) in [5, 5.41) is 3.62. The molecular formula is C18H25NO. The average Bonchev–Trinajstić information content (AvgIpc) is 2.64. The quantitative estimate of drug-likeness (QED) is 0.884. The first-order chi connectivity index (χ1) is 9.45. The van der Waals surface area contributed by atoms with Crippen LogP contribution in [0.2, 0.25) is 0 Å². The van der Waals surface area contributed by atoms with Gasteiger partial charge in [0, 0.05) is 5.56 Å². The summed E-state index contributed by atoms with van der Waals surface area (Å²) in [5.41, 5.74) is 6.51. The highest BCUT2D eigenvalue weighted by Gasteiger charge is 2.23. The van der Waals surface area contributed by atoms with Crippen molar-refractivity contribution in [2.75, 3.05) is 6.54 Å². The highest BCUT2D eigenvalue weighted by Crippen LogP contribution is 2.33. The van der Waals surface area contributed by atoms with E-state index < -0.39 is 0 Å². The number of aryl methyl sites for hydroxylation is 4. The molecule has 1 aromatic carbocycles. The minimum absolute atomic E-state index is 0.206. The van der Waals surface area contributed by atoms with E-state index in [1.807, 2.05) is 6.92 Å². The van der Waals surface area contributed by atoms with Crippen molar-refractivity contribution >= 4 is 0 Å². The molecule has 0 radical (unpaired) electrons. The van der Waals surface area contributed by atoms with Crippen LogP contribution in [0.3, 0.4) is 0 Å². The van der Waals surface area contributed by atoms with Crippen LogP contribution in [0.4, 0.5) is 0 Å². The van der Waals surface area contributed by atoms with Crippen molar-refractivity contribution in [2.24, 2.45) is 0 Å². The van der Waals surface area contributed by atoms with Crippen LogP contribution in [-0.2, 0) is 0 Å². The third-order valence-electron chi connectivity index (χ3n) is 4.06. The molecule has 0 saturated heterocycles. The number of nitrogens with one attached hydrogen (secondary N) is 1. The molecule has 0 aliphatic heterocycles. The summed E-state index contributed by atoms with van der Waals surface area (Å²) < 4.78 is 5.82. The molecule has 0 aliphatic rings. The van der Waals surface area contributed by atoms with Crippen LogP contribution < -0.4 is 5.32 Å². The fraction of sp³-hybridized carbons (Fsp3) is 0.444. The summed E-state index contributed by atoms with van der Waals surface area (Å²) in [5.74, 6) is 2.04. The van der Waals surface area contributed by atoms with Gasteiger partial charge in [0.05, 0.1) is 6.04 Å². The lowest BCUT2D eigenvalue weighted by Gasteiger charge is -2.22. The normalized spacial score (nSPS) is 12.7. The number of benzene rings is 1. The smallest absolute Gasteiger partial charge is 0.106 e. The van der Waals surface area contributed by atoms with Gasteiger partial charge in [-0.25, -0.2) is 0 Å². The van der Waals surface area contributed by atoms with E-state index in [0.29, 0.717) is 0 Å². The number of furan rings is 1. The van der Waals surface area contributed by atoms with Gasteiger partial charge in [0.2, 0.25) is 0 Å². The average molecular weight is 271 g/mol. The van der Waals surface area contributed by atoms with E-state index in [1.54, 1.807) is 0 Å². The summed E-state index contributed by atoms with van der Waals surface area (Å²) in [6.45, 7) is 13.7. The second-order valence-electron chi connectivity index (χ2n) is 5.60. The van der Waals surface area contributed by atoms with Crippen LogP contribution in [0.15, 0.2) is 22.6 Å². The minimum Gasteiger partial charge on any atom is -0.466 e. The molecule has 0 saturated carbocycles. The predicted octanol–water partition coefficient (Wildman–Crippen LogP) is 4.52. The molecule has 2 nitrogen and oxygen atoms in total. The molecule has 1 unspecified atom stereocenters. The van der Waals surface area contributed by atoms with Crippen molar-refractivity contribution in [2.45, 2.75) is 47.6 Å². The van der Waals surface area contributed by atoms with E-state index in [9.17, 15) is 0 Å². The summed E-state index contributed by atoms with van der Waals surface area (Å²) in [7, 11) is 0. The molecule has 0 spiro atoms. The second-order valence-corrected chi connectivity index (χ2v) is 5.60. The van der Waals surface area contributed by atoms with Crippen LogP contribution in [0.1, 0.15) is 52.3 Å². The molecule has 0 aliphatic carbocycles. The minimum atomic E-state index is 0.206. The Morgan fingerprint density at radius 1 is 1.05 bits per heavy atom. The zero-order valence-corrected chi connectivity index (χ0v) is 13.4. The maximum Gasteiger partial charge on any atom is 0.106 e. The molecule has 0 fully saturated rings. The molecule has 2 rings (SSSR count). The Balaban J connectivity index is 2.59. The zero-order valence-electron chi connectivity index (χ0n) is 13.4. The molecule has 1 heterocycles. The van der Waals surface area contributed by atoms with Crippen molar-refractivity contribution in [3.05, 3.63) is 57.5 Å². The number of hydrogen-bond acceptors (Lipinski definition) is 2. The summed E-state index contributed by atoms with van der Waals surface area (Å²) in [6.07, 6.45) is 0. The van der Waals surface area contributed by atoms with Crippen LogP contribution in [0.5, 0.6) is 0 Å². The Bertz CT molecular complexity index is 610. The van der Waals surface area contributed by atoms with E-state index in [1.165, 1.54) is 27.8 Å². The third-order valence-corrected chi connectivity index (χ3v) is 4.06. The molecular weight excluding hydrogens is 246 g/mol. The lowest BCUT2D eigenvalue weighted by Crippen LogP contribution is -2.23. The van der Waals surface area contributed by atoms with Crippen molar-refractivity contribution in [1.82, 2.24) is 5.32 Å². The summed E-state index contributed by atoms with van der Waals surface area (Å²) in [4.78, 5) is 0. The van der Waals surface area contributed by atoms with E-state index in [-0.39, 0.29) is 6.04 Å². The van der Waals surface area contributed by atoms with Gasteiger partial charge in [0.15, 0.2) is 0 Å². The molecule has 1 aromatic heterocycles. The lowest BCUT2D eigenvalue weighted by atomic mass is 9.91. The van der Waals surface area contributed by atoms with Gasteiger partial charge in [0.1, 0.15) is 11.5 Å². The summed E-state index contributed by atoms with van der Waals surface area (Å²) in [6, 6.07) is 6.86. The van der Waals surface area contributed by atoms with Gasteiger partial charge in [-0.05, 0) is 57.9 Å². The lowest BCUT2D eigenvalue weighted by molar-refractivity contribution is 0.494. The fourth-order valence-electron chi connectivity index (χ4n) is 2.88. The van der Waals surface area contributed by atoms with E-state index in [2.05, 4.69) is 58.1 Å². The van der Waals surface area contributed by atoms with E-state index in [0.717, 1.165) is 18.1 Å². The van der Waals surface area contributed by atoms with Crippen LogP contribution in [0.25, 0.3) is 0 Å². The molecule has 1 N–H and O–H groups in total. The number of rotatable bonds is 4. The third kappa shape index (κ3) is 2.66. The Morgan fingerprint density at radius 3 is 2.30 bits per heavy atom. The molecule has 0 amide bonds. The maximum atomic E-state index is 5.82. The van der Waals surface area contributed by atoms with Gasteiger partial charge >= 0.3 is 0 Å². The van der Waals surface area contributed by atoms with Crippen molar-refractivity contribution in [3.63, 3.8) is 0 Å². The Hall–Kier alpha value is -1.54. The van der Waals surface area contributed by atoms with Gasteiger partial charge in [-0.3, -0.25) is 0 Å². The standard InChI is InChI=1S/C18H25NO/c1-7-19-18(16-10-11(2)8-9-12(16)3)17-13(4)14(5)20-15(17)6/h8-10,18-19H,7H2,1-6H3. The first-order valence-corrected chi connectivity index (χ1v) is 7.32. The topological polar surface area (TPSA) is 25.2 Å². The molecule has 108 valence electrons. The SMILES string of the molecule is CCNC(c1cc(C)ccc1C)c1c(C)oc(C)c1C. The molecule has 1 atom stereocenters. The van der Waals surface area contributed by atoms with Crippen molar-refractivity contribution < 1.29 is 4.42 Å².